The van der Waals surface area contributed by atoms with E-state index in [-0.39, 0.29) is 18.9 Å². The normalized spacial score (nSPS) is 11.2. The van der Waals surface area contributed by atoms with Crippen molar-refractivity contribution >= 4 is 11.9 Å². The lowest BCUT2D eigenvalue weighted by molar-refractivity contribution is -0.153. The number of esters is 1. The van der Waals surface area contributed by atoms with Gasteiger partial charge in [-0.05, 0) is 13.3 Å². The fraction of sp³-hybridized carbons (Fsp3) is 0.643. The highest BCUT2D eigenvalue weighted by Crippen LogP contribution is 2.09. The van der Waals surface area contributed by atoms with Gasteiger partial charge < -0.3 is 14.4 Å². The third kappa shape index (κ3) is 6.90. The molecule has 0 N–H and O–H groups in total. The van der Waals surface area contributed by atoms with E-state index >= 15 is 0 Å². The largest absolute Gasteiger partial charge is 0.449 e. The van der Waals surface area contributed by atoms with Crippen molar-refractivity contribution in [2.24, 2.45) is 0 Å². The molecule has 1 atom stereocenters. The topological polar surface area (TPSA) is 79.6 Å². The van der Waals surface area contributed by atoms with Gasteiger partial charge >= 0.3 is 5.97 Å². The molecule has 0 aromatic heterocycles. The van der Waals surface area contributed by atoms with Crippen LogP contribution in [0.2, 0.25) is 0 Å². The molecule has 0 spiro atoms. The molecule has 6 nitrogen and oxygen atoms in total. The summed E-state index contributed by atoms with van der Waals surface area (Å²) in [6.07, 6.45) is 2.83. The van der Waals surface area contributed by atoms with Gasteiger partial charge in [-0.25, -0.2) is 4.79 Å². The van der Waals surface area contributed by atoms with Gasteiger partial charge in [0.05, 0.1) is 0 Å². The van der Waals surface area contributed by atoms with E-state index in [2.05, 4.69) is 6.58 Å². The number of nitrogens with zero attached hydrogens (tertiary/aromatic N) is 2. The van der Waals surface area contributed by atoms with Crippen molar-refractivity contribution < 1.29 is 19.1 Å². The van der Waals surface area contributed by atoms with Crippen LogP contribution in [0.3, 0.4) is 0 Å². The Kier molecular flexibility index (Phi) is 9.97. The molecule has 0 aromatic rings. The van der Waals surface area contributed by atoms with Crippen molar-refractivity contribution in [3.8, 4) is 6.07 Å². The van der Waals surface area contributed by atoms with Gasteiger partial charge in [0.1, 0.15) is 12.1 Å². The zero-order valence-electron chi connectivity index (χ0n) is 12.1. The average Bonchev–Trinajstić information content (AvgIpc) is 2.46. The van der Waals surface area contributed by atoms with Gasteiger partial charge in [-0.2, -0.15) is 5.26 Å². The highest BCUT2D eigenvalue weighted by Gasteiger charge is 2.27. The van der Waals surface area contributed by atoms with Crippen molar-refractivity contribution in [3.63, 3.8) is 0 Å². The zero-order valence-corrected chi connectivity index (χ0v) is 12.1. The van der Waals surface area contributed by atoms with Crippen LogP contribution in [0.15, 0.2) is 12.7 Å². The van der Waals surface area contributed by atoms with Crippen LogP contribution >= 0.6 is 0 Å². The van der Waals surface area contributed by atoms with Crippen molar-refractivity contribution in [2.45, 2.75) is 32.2 Å². The van der Waals surface area contributed by atoms with Crippen molar-refractivity contribution in [3.05, 3.63) is 12.7 Å². The Bertz CT molecular complexity index is 363. The van der Waals surface area contributed by atoms with Crippen LogP contribution in [0.25, 0.3) is 0 Å². The molecule has 0 aliphatic carbocycles. The lowest BCUT2D eigenvalue weighted by atomic mass is 10.1. The van der Waals surface area contributed by atoms with Crippen LogP contribution in [0.5, 0.6) is 0 Å². The molecule has 20 heavy (non-hydrogen) atoms. The van der Waals surface area contributed by atoms with Gasteiger partial charge in [-0.15, -0.1) is 6.58 Å². The van der Waals surface area contributed by atoms with E-state index in [1.807, 2.05) is 6.92 Å². The first-order chi connectivity index (χ1) is 9.58. The third-order valence-corrected chi connectivity index (χ3v) is 2.71. The summed E-state index contributed by atoms with van der Waals surface area (Å²) < 4.78 is 9.99. The van der Waals surface area contributed by atoms with Crippen LogP contribution < -0.4 is 0 Å². The molecule has 0 heterocycles. The van der Waals surface area contributed by atoms with Gasteiger partial charge in [0.15, 0.2) is 6.61 Å². The van der Waals surface area contributed by atoms with Crippen molar-refractivity contribution in [1.29, 1.82) is 5.26 Å². The Labute approximate surface area is 119 Å². The first-order valence-corrected chi connectivity index (χ1v) is 6.56. The predicted octanol–water partition coefficient (Wildman–Crippen LogP) is 1.27. The van der Waals surface area contributed by atoms with Crippen LogP contribution in [-0.2, 0) is 19.1 Å². The summed E-state index contributed by atoms with van der Waals surface area (Å²) in [6, 6.07) is 1.00. The first kappa shape index (κ1) is 18.1. The second-order valence-corrected chi connectivity index (χ2v) is 4.10. The number of carbonyl (C=O) groups is 2. The molecule has 0 saturated carbocycles. The molecule has 0 radical (unpaired) electrons. The molecule has 1 amide bonds. The number of allylic oxidation sites excluding steroid dienone is 1. The number of hydrogen-bond donors (Lipinski definition) is 0. The van der Waals surface area contributed by atoms with Gasteiger partial charge in [-0.3, -0.25) is 4.79 Å². The molecule has 0 bridgehead atoms. The number of nitriles is 1. The van der Waals surface area contributed by atoms with E-state index in [0.717, 1.165) is 0 Å². The smallest absolute Gasteiger partial charge is 0.329 e. The van der Waals surface area contributed by atoms with E-state index in [4.69, 9.17) is 14.7 Å². The Morgan fingerprint density at radius 2 is 2.20 bits per heavy atom. The number of ether oxygens (including phenoxy) is 2. The maximum atomic E-state index is 11.9. The molecule has 0 aromatic carbocycles. The first-order valence-electron chi connectivity index (χ1n) is 6.56. The number of likely N-dealkylation sites (N-methyl/N-ethyl adjacent to an activating group) is 1. The fourth-order valence-electron chi connectivity index (χ4n) is 1.58. The molecular weight excluding hydrogens is 260 g/mol. The van der Waals surface area contributed by atoms with Crippen molar-refractivity contribution in [1.82, 2.24) is 4.90 Å². The highest BCUT2D eigenvalue weighted by atomic mass is 16.5. The Balaban J connectivity index is 4.63. The Hall–Kier alpha value is -1.87. The summed E-state index contributed by atoms with van der Waals surface area (Å²) in [6.45, 7) is 5.97. The minimum Gasteiger partial charge on any atom is -0.449 e. The lowest BCUT2D eigenvalue weighted by Gasteiger charge is -2.26. The van der Waals surface area contributed by atoms with Crippen LogP contribution in [0, 0.1) is 11.3 Å². The van der Waals surface area contributed by atoms with E-state index < -0.39 is 12.0 Å². The summed E-state index contributed by atoms with van der Waals surface area (Å²) in [5, 5.41) is 8.43. The van der Waals surface area contributed by atoms with Crippen LogP contribution in [-0.4, -0.2) is 49.7 Å². The molecule has 0 saturated heterocycles. The summed E-state index contributed by atoms with van der Waals surface area (Å²) in [7, 11) is 1.55. The zero-order chi connectivity index (χ0) is 15.4. The van der Waals surface area contributed by atoms with Gasteiger partial charge in [0.2, 0.25) is 5.91 Å². The number of amides is 1. The molecular formula is C14H22N2O4. The molecule has 0 unspecified atom stereocenters. The standard InChI is InChI=1S/C14H22N2O4/c1-4-6-7-13(17)16(3)12(8-10-19-5-2)14(18)20-11-9-15/h4,12H,1,5-8,10-11H2,2-3H3/t12-/m0/s1. The molecule has 0 rings (SSSR count). The maximum Gasteiger partial charge on any atom is 0.329 e. The quantitative estimate of drug-likeness (QED) is 0.342. The van der Waals surface area contributed by atoms with E-state index in [9.17, 15) is 9.59 Å². The lowest BCUT2D eigenvalue weighted by Crippen LogP contribution is -2.44. The number of hydrogen-bond acceptors (Lipinski definition) is 5. The second-order valence-electron chi connectivity index (χ2n) is 4.10. The second kappa shape index (κ2) is 11.0. The minimum absolute atomic E-state index is 0.166. The molecule has 6 heteroatoms. The van der Waals surface area contributed by atoms with Crippen molar-refractivity contribution in [2.75, 3.05) is 26.9 Å². The van der Waals surface area contributed by atoms with Crippen LogP contribution in [0.4, 0.5) is 0 Å². The van der Waals surface area contributed by atoms with E-state index in [1.54, 1.807) is 19.2 Å². The summed E-state index contributed by atoms with van der Waals surface area (Å²) in [5.74, 6) is -0.749. The van der Waals surface area contributed by atoms with Crippen LogP contribution in [0.1, 0.15) is 26.2 Å². The van der Waals surface area contributed by atoms with Gasteiger partial charge in [0.25, 0.3) is 0 Å². The summed E-state index contributed by atoms with van der Waals surface area (Å²) in [4.78, 5) is 25.1. The SMILES string of the molecule is C=CCCC(=O)N(C)[C@@H](CCOCC)C(=O)OCC#N. The third-order valence-electron chi connectivity index (χ3n) is 2.71. The Morgan fingerprint density at radius 1 is 1.50 bits per heavy atom. The number of carbonyl (C=O) groups excluding carboxylic acids is 2. The van der Waals surface area contributed by atoms with E-state index in [1.165, 1.54) is 4.90 Å². The predicted molar refractivity (Wildman–Crippen MR) is 73.7 cm³/mol. The molecule has 112 valence electrons. The van der Waals surface area contributed by atoms with Gasteiger partial charge in [-0.1, -0.05) is 6.08 Å². The monoisotopic (exact) mass is 282 g/mol. The highest BCUT2D eigenvalue weighted by molar-refractivity contribution is 5.84. The summed E-state index contributed by atoms with van der Waals surface area (Å²) in [5.41, 5.74) is 0. The Morgan fingerprint density at radius 3 is 2.75 bits per heavy atom. The van der Waals surface area contributed by atoms with Gasteiger partial charge in [0, 0.05) is 33.1 Å². The van der Waals surface area contributed by atoms with E-state index in [0.29, 0.717) is 26.1 Å². The fourth-order valence-corrected chi connectivity index (χ4v) is 1.58. The maximum absolute atomic E-state index is 11.9. The molecule has 0 fully saturated rings. The molecule has 0 aliphatic rings. The number of rotatable bonds is 10. The summed E-state index contributed by atoms with van der Waals surface area (Å²) >= 11 is 0. The minimum atomic E-state index is -0.729. The molecule has 0 aliphatic heterocycles. The average molecular weight is 282 g/mol.